The molecule has 92 valence electrons. The van der Waals surface area contributed by atoms with Crippen LogP contribution in [-0.4, -0.2) is 17.7 Å². The second-order valence-corrected chi connectivity index (χ2v) is 4.21. The van der Waals surface area contributed by atoms with Gasteiger partial charge in [-0.3, -0.25) is 4.79 Å². The number of fused-ring (bicyclic) bond motifs is 1. The Morgan fingerprint density at radius 1 is 1.39 bits per heavy atom. The third kappa shape index (κ3) is 1.95. The molecule has 3 rings (SSSR count). The van der Waals surface area contributed by atoms with Crippen LogP contribution < -0.4 is 10.1 Å². The smallest absolute Gasteiger partial charge is 0.294 e. The Hall–Kier alpha value is -2.30. The minimum Gasteiger partial charge on any atom is -0.493 e. The number of carbonyl (C=O) groups is 1. The van der Waals surface area contributed by atoms with Gasteiger partial charge in [0.2, 0.25) is 5.76 Å². The first-order valence-corrected chi connectivity index (χ1v) is 5.73. The van der Waals surface area contributed by atoms with Gasteiger partial charge >= 0.3 is 0 Å². The van der Waals surface area contributed by atoms with Gasteiger partial charge in [0.1, 0.15) is 5.75 Å². The second kappa shape index (κ2) is 4.18. The standard InChI is InChI=1S/C13H12N2O3/c1-8-6-12(18-15-8)13(16)14-10-2-3-11-9(7-10)4-5-17-11/h2-3,6-7H,4-5H2,1H3,(H,14,16). The van der Waals surface area contributed by atoms with Crippen LogP contribution in [-0.2, 0) is 6.42 Å². The number of rotatable bonds is 2. The molecule has 0 aliphatic carbocycles. The van der Waals surface area contributed by atoms with Crippen LogP contribution in [0, 0.1) is 6.92 Å². The van der Waals surface area contributed by atoms with Gasteiger partial charge in [-0.2, -0.15) is 0 Å². The first kappa shape index (κ1) is 10.8. The predicted octanol–water partition coefficient (Wildman–Crippen LogP) is 2.17. The van der Waals surface area contributed by atoms with E-state index in [1.165, 1.54) is 0 Å². The number of ether oxygens (including phenoxy) is 1. The maximum Gasteiger partial charge on any atom is 0.294 e. The quantitative estimate of drug-likeness (QED) is 0.879. The lowest BCUT2D eigenvalue weighted by molar-refractivity contribution is 0.0988. The molecule has 2 heterocycles. The Bertz CT molecular complexity index is 604. The molecular formula is C13H12N2O3. The fraction of sp³-hybridized carbons (Fsp3) is 0.231. The molecule has 1 aromatic carbocycles. The highest BCUT2D eigenvalue weighted by Gasteiger charge is 2.15. The number of carbonyl (C=O) groups excluding carboxylic acids is 1. The van der Waals surface area contributed by atoms with Gasteiger partial charge in [0.15, 0.2) is 0 Å². The summed E-state index contributed by atoms with van der Waals surface area (Å²) in [4.78, 5) is 11.9. The van der Waals surface area contributed by atoms with Crippen LogP contribution in [0.2, 0.25) is 0 Å². The van der Waals surface area contributed by atoms with Gasteiger partial charge in [-0.15, -0.1) is 0 Å². The van der Waals surface area contributed by atoms with Crippen LogP contribution in [0.15, 0.2) is 28.8 Å². The van der Waals surface area contributed by atoms with E-state index in [2.05, 4.69) is 10.5 Å². The van der Waals surface area contributed by atoms with Crippen molar-refractivity contribution in [1.82, 2.24) is 5.16 Å². The number of aryl methyl sites for hydroxylation is 1. The fourth-order valence-electron chi connectivity index (χ4n) is 1.93. The van der Waals surface area contributed by atoms with Gasteiger partial charge in [0, 0.05) is 18.2 Å². The number of benzene rings is 1. The molecule has 0 saturated heterocycles. The zero-order valence-electron chi connectivity index (χ0n) is 9.90. The van der Waals surface area contributed by atoms with E-state index < -0.39 is 0 Å². The van der Waals surface area contributed by atoms with Crippen molar-refractivity contribution in [1.29, 1.82) is 0 Å². The average molecular weight is 244 g/mol. The number of aromatic nitrogens is 1. The summed E-state index contributed by atoms with van der Waals surface area (Å²) >= 11 is 0. The fourth-order valence-corrected chi connectivity index (χ4v) is 1.93. The third-order valence-electron chi connectivity index (χ3n) is 2.80. The summed E-state index contributed by atoms with van der Waals surface area (Å²) in [7, 11) is 0. The number of hydrogen-bond donors (Lipinski definition) is 1. The van der Waals surface area contributed by atoms with Gasteiger partial charge in [-0.05, 0) is 30.7 Å². The van der Waals surface area contributed by atoms with Crippen LogP contribution in [0.25, 0.3) is 0 Å². The number of hydrogen-bond acceptors (Lipinski definition) is 4. The van der Waals surface area contributed by atoms with Gasteiger partial charge in [0.05, 0.1) is 12.3 Å². The normalized spacial score (nSPS) is 12.9. The Labute approximate surface area is 104 Å². The van der Waals surface area contributed by atoms with Crippen molar-refractivity contribution in [3.05, 3.63) is 41.3 Å². The molecule has 5 nitrogen and oxygen atoms in total. The minimum absolute atomic E-state index is 0.212. The SMILES string of the molecule is Cc1cc(C(=O)Nc2ccc3c(c2)CCO3)on1. The van der Waals surface area contributed by atoms with Crippen molar-refractivity contribution in [3.63, 3.8) is 0 Å². The highest BCUT2D eigenvalue weighted by molar-refractivity contribution is 6.02. The summed E-state index contributed by atoms with van der Waals surface area (Å²) in [5.74, 6) is 0.808. The summed E-state index contributed by atoms with van der Waals surface area (Å²) in [5, 5.41) is 6.45. The van der Waals surface area contributed by atoms with Crippen molar-refractivity contribution < 1.29 is 14.1 Å². The van der Waals surface area contributed by atoms with E-state index in [4.69, 9.17) is 9.26 Å². The molecule has 0 unspecified atom stereocenters. The molecule has 1 aliphatic rings. The summed E-state index contributed by atoms with van der Waals surface area (Å²) in [6.07, 6.45) is 0.875. The van der Waals surface area contributed by atoms with Crippen LogP contribution in [0.1, 0.15) is 21.8 Å². The highest BCUT2D eigenvalue weighted by atomic mass is 16.5. The summed E-state index contributed by atoms with van der Waals surface area (Å²) in [6.45, 7) is 2.47. The minimum atomic E-state index is -0.297. The average Bonchev–Trinajstić information content (AvgIpc) is 2.96. The molecule has 0 bridgehead atoms. The Morgan fingerprint density at radius 2 is 2.28 bits per heavy atom. The van der Waals surface area contributed by atoms with Crippen molar-refractivity contribution in [3.8, 4) is 5.75 Å². The summed E-state index contributed by atoms with van der Waals surface area (Å²) in [5.41, 5.74) is 2.53. The molecule has 5 heteroatoms. The molecule has 0 saturated carbocycles. The molecule has 2 aromatic rings. The predicted molar refractivity (Wildman–Crippen MR) is 64.8 cm³/mol. The van der Waals surface area contributed by atoms with Gasteiger partial charge in [-0.25, -0.2) is 0 Å². The van der Waals surface area contributed by atoms with E-state index in [-0.39, 0.29) is 11.7 Å². The lowest BCUT2D eigenvalue weighted by Gasteiger charge is -2.04. The van der Waals surface area contributed by atoms with Crippen LogP contribution >= 0.6 is 0 Å². The molecule has 0 spiro atoms. The lowest BCUT2D eigenvalue weighted by Crippen LogP contribution is -2.10. The molecule has 0 radical (unpaired) electrons. The largest absolute Gasteiger partial charge is 0.493 e. The van der Waals surface area contributed by atoms with E-state index >= 15 is 0 Å². The summed E-state index contributed by atoms with van der Waals surface area (Å²) < 4.78 is 10.3. The topological polar surface area (TPSA) is 64.4 Å². The lowest BCUT2D eigenvalue weighted by atomic mass is 10.1. The van der Waals surface area contributed by atoms with Gasteiger partial charge < -0.3 is 14.6 Å². The molecule has 1 amide bonds. The Kier molecular flexibility index (Phi) is 2.51. The monoisotopic (exact) mass is 244 g/mol. The van der Waals surface area contributed by atoms with E-state index in [9.17, 15) is 4.79 Å². The maximum absolute atomic E-state index is 11.9. The highest BCUT2D eigenvalue weighted by Crippen LogP contribution is 2.28. The first-order chi connectivity index (χ1) is 8.72. The molecule has 0 atom stereocenters. The molecule has 0 fully saturated rings. The first-order valence-electron chi connectivity index (χ1n) is 5.73. The van der Waals surface area contributed by atoms with Gasteiger partial charge in [-0.1, -0.05) is 5.16 Å². The molecule has 1 aliphatic heterocycles. The molecule has 1 aromatic heterocycles. The van der Waals surface area contributed by atoms with Crippen molar-refractivity contribution >= 4 is 11.6 Å². The molecule has 18 heavy (non-hydrogen) atoms. The molecule has 1 N–H and O–H groups in total. The maximum atomic E-state index is 11.9. The zero-order chi connectivity index (χ0) is 12.5. The Balaban J connectivity index is 1.78. The number of amides is 1. The number of nitrogens with one attached hydrogen (secondary N) is 1. The summed E-state index contributed by atoms with van der Waals surface area (Å²) in [6, 6.07) is 7.20. The van der Waals surface area contributed by atoms with E-state index in [1.54, 1.807) is 13.0 Å². The van der Waals surface area contributed by atoms with Crippen molar-refractivity contribution in [2.24, 2.45) is 0 Å². The van der Waals surface area contributed by atoms with E-state index in [0.29, 0.717) is 12.3 Å². The van der Waals surface area contributed by atoms with Crippen LogP contribution in [0.5, 0.6) is 5.75 Å². The van der Waals surface area contributed by atoms with E-state index in [0.717, 1.165) is 23.4 Å². The Morgan fingerprint density at radius 3 is 3.06 bits per heavy atom. The van der Waals surface area contributed by atoms with Crippen LogP contribution in [0.3, 0.4) is 0 Å². The van der Waals surface area contributed by atoms with Crippen molar-refractivity contribution in [2.45, 2.75) is 13.3 Å². The molecular weight excluding hydrogens is 232 g/mol. The zero-order valence-corrected chi connectivity index (χ0v) is 9.90. The van der Waals surface area contributed by atoms with E-state index in [1.807, 2.05) is 18.2 Å². The van der Waals surface area contributed by atoms with Crippen LogP contribution in [0.4, 0.5) is 5.69 Å². The third-order valence-corrected chi connectivity index (χ3v) is 2.80. The number of anilines is 1. The van der Waals surface area contributed by atoms with Gasteiger partial charge in [0.25, 0.3) is 5.91 Å². The number of nitrogens with zero attached hydrogens (tertiary/aromatic N) is 1. The second-order valence-electron chi connectivity index (χ2n) is 4.21. The van der Waals surface area contributed by atoms with Crippen molar-refractivity contribution in [2.75, 3.05) is 11.9 Å².